The van der Waals surface area contributed by atoms with Crippen molar-refractivity contribution in [2.45, 2.75) is 38.0 Å². The molecule has 1 aromatic carbocycles. The molecule has 4 heterocycles. The Kier molecular flexibility index (Phi) is 5.64. The molecule has 0 spiro atoms. The summed E-state index contributed by atoms with van der Waals surface area (Å²) in [4.78, 5) is 16.9. The zero-order valence-electron chi connectivity index (χ0n) is 17.1. The van der Waals surface area contributed by atoms with Crippen LogP contribution in [0.15, 0.2) is 48.8 Å². The molecule has 0 saturated carbocycles. The van der Waals surface area contributed by atoms with Crippen LogP contribution in [0.25, 0.3) is 0 Å². The van der Waals surface area contributed by atoms with E-state index in [1.165, 1.54) is 18.5 Å². The Labute approximate surface area is 189 Å². The van der Waals surface area contributed by atoms with Gasteiger partial charge >= 0.3 is 0 Å². The molecule has 2 aliphatic heterocycles. The molecule has 6 nitrogen and oxygen atoms in total. The van der Waals surface area contributed by atoms with Crippen LogP contribution in [-0.4, -0.2) is 32.9 Å². The average molecular weight is 451 g/mol. The molecule has 162 valence electrons. The van der Waals surface area contributed by atoms with Crippen LogP contribution >= 0.6 is 11.6 Å². The molecule has 0 radical (unpaired) electrons. The third kappa shape index (κ3) is 4.24. The average Bonchev–Trinajstić information content (AvgIpc) is 3.51. The summed E-state index contributed by atoms with van der Waals surface area (Å²) < 4.78 is 22.1. The number of halogens is 2. The SMILES string of the molecule is O=C(Nc1ncc(C#Cc2ccccc2)cc1F)c1c(Cl)cnn1C[C@H]1C[C@@H]2CC[C@H]1O2. The van der Waals surface area contributed by atoms with Crippen LogP contribution in [0, 0.1) is 23.6 Å². The second-order valence-corrected chi connectivity index (χ2v) is 8.42. The molecule has 0 aliphatic carbocycles. The number of pyridine rings is 1. The predicted octanol–water partition coefficient (Wildman–Crippen LogP) is 4.29. The van der Waals surface area contributed by atoms with Crippen LogP contribution in [0.2, 0.25) is 5.02 Å². The second kappa shape index (κ2) is 8.73. The molecular formula is C24H20ClFN4O2. The number of carbonyl (C=O) groups is 1. The Hall–Kier alpha value is -3.21. The van der Waals surface area contributed by atoms with Crippen molar-refractivity contribution in [1.29, 1.82) is 0 Å². The van der Waals surface area contributed by atoms with Crippen molar-refractivity contribution in [1.82, 2.24) is 14.8 Å². The number of ether oxygens (including phenoxy) is 1. The van der Waals surface area contributed by atoms with Crippen molar-refractivity contribution in [3.05, 3.63) is 76.5 Å². The summed E-state index contributed by atoms with van der Waals surface area (Å²) in [6.45, 7) is 0.528. The first-order valence-electron chi connectivity index (χ1n) is 10.5. The molecule has 0 unspecified atom stereocenters. The minimum absolute atomic E-state index is 0.184. The maximum absolute atomic E-state index is 14.6. The lowest BCUT2D eigenvalue weighted by atomic mass is 9.89. The van der Waals surface area contributed by atoms with Gasteiger partial charge in [0.05, 0.1) is 23.4 Å². The Morgan fingerprint density at radius 3 is 2.75 bits per heavy atom. The number of fused-ring (bicyclic) bond motifs is 2. The molecule has 5 rings (SSSR count). The van der Waals surface area contributed by atoms with E-state index in [1.807, 2.05) is 30.3 Å². The smallest absolute Gasteiger partial charge is 0.276 e. The van der Waals surface area contributed by atoms with Gasteiger partial charge in [-0.2, -0.15) is 5.10 Å². The zero-order valence-corrected chi connectivity index (χ0v) is 17.8. The number of hydrogen-bond acceptors (Lipinski definition) is 4. The van der Waals surface area contributed by atoms with E-state index in [2.05, 4.69) is 27.2 Å². The maximum Gasteiger partial charge on any atom is 0.276 e. The number of carbonyl (C=O) groups excluding carboxylic acids is 1. The van der Waals surface area contributed by atoms with E-state index in [1.54, 1.807) is 4.68 Å². The highest BCUT2D eigenvalue weighted by molar-refractivity contribution is 6.34. The van der Waals surface area contributed by atoms with E-state index < -0.39 is 11.7 Å². The molecule has 2 aliphatic rings. The molecule has 3 aromatic rings. The summed E-state index contributed by atoms with van der Waals surface area (Å²) in [7, 11) is 0. The number of anilines is 1. The number of nitrogens with one attached hydrogen (secondary N) is 1. The number of benzene rings is 1. The Balaban J connectivity index is 1.30. The Bertz CT molecular complexity index is 1220. The molecule has 2 fully saturated rings. The van der Waals surface area contributed by atoms with Crippen LogP contribution in [0.4, 0.5) is 10.2 Å². The van der Waals surface area contributed by atoms with Crippen LogP contribution in [0.3, 0.4) is 0 Å². The quantitative estimate of drug-likeness (QED) is 0.602. The molecular weight excluding hydrogens is 431 g/mol. The van der Waals surface area contributed by atoms with Crippen molar-refractivity contribution >= 4 is 23.3 Å². The van der Waals surface area contributed by atoms with Crippen LogP contribution < -0.4 is 5.32 Å². The van der Waals surface area contributed by atoms with Gasteiger partial charge in [-0.15, -0.1) is 0 Å². The number of aromatic nitrogens is 3. The van der Waals surface area contributed by atoms with Gasteiger partial charge in [-0.05, 0) is 37.5 Å². The van der Waals surface area contributed by atoms with E-state index in [-0.39, 0.29) is 28.6 Å². The molecule has 32 heavy (non-hydrogen) atoms. The van der Waals surface area contributed by atoms with Crippen LogP contribution in [0.5, 0.6) is 0 Å². The fourth-order valence-corrected chi connectivity index (χ4v) is 4.54. The standard InChI is InChI=1S/C24H20ClFN4O2/c25-19-13-28-30(14-17-11-18-8-9-21(17)32-18)22(19)24(31)29-23-20(26)10-16(12-27-23)7-6-15-4-2-1-3-5-15/h1-5,10,12-13,17-18,21H,8-9,11,14H2,(H,27,29,31)/t17-,18+,21-/m1/s1. The van der Waals surface area contributed by atoms with E-state index in [9.17, 15) is 9.18 Å². The number of hydrogen-bond donors (Lipinski definition) is 1. The van der Waals surface area contributed by atoms with Crippen molar-refractivity contribution in [2.75, 3.05) is 5.32 Å². The predicted molar refractivity (Wildman–Crippen MR) is 118 cm³/mol. The van der Waals surface area contributed by atoms with Crippen molar-refractivity contribution < 1.29 is 13.9 Å². The van der Waals surface area contributed by atoms with E-state index in [0.717, 1.165) is 24.8 Å². The number of amides is 1. The summed E-state index contributed by atoms with van der Waals surface area (Å²) >= 11 is 6.23. The van der Waals surface area contributed by atoms with Crippen molar-refractivity contribution in [3.63, 3.8) is 0 Å². The molecule has 2 saturated heterocycles. The lowest BCUT2D eigenvalue weighted by Crippen LogP contribution is -2.26. The summed E-state index contributed by atoms with van der Waals surface area (Å²) in [6.07, 6.45) is 6.41. The van der Waals surface area contributed by atoms with E-state index in [0.29, 0.717) is 18.2 Å². The van der Waals surface area contributed by atoms with Gasteiger partial charge in [0.2, 0.25) is 0 Å². The van der Waals surface area contributed by atoms with Crippen molar-refractivity contribution in [3.8, 4) is 11.8 Å². The first-order valence-corrected chi connectivity index (χ1v) is 10.9. The lowest BCUT2D eigenvalue weighted by Gasteiger charge is -2.19. The molecule has 3 atom stereocenters. The Morgan fingerprint density at radius 2 is 2.03 bits per heavy atom. The minimum Gasteiger partial charge on any atom is -0.375 e. The van der Waals surface area contributed by atoms with Gasteiger partial charge in [0, 0.05) is 29.8 Å². The number of nitrogens with zero attached hydrogens (tertiary/aromatic N) is 3. The largest absolute Gasteiger partial charge is 0.375 e. The topological polar surface area (TPSA) is 69.0 Å². The van der Waals surface area contributed by atoms with Gasteiger partial charge in [-0.1, -0.05) is 41.6 Å². The van der Waals surface area contributed by atoms with Gasteiger partial charge in [0.25, 0.3) is 5.91 Å². The van der Waals surface area contributed by atoms with E-state index >= 15 is 0 Å². The molecule has 1 N–H and O–H groups in total. The van der Waals surface area contributed by atoms with Crippen LogP contribution in [-0.2, 0) is 11.3 Å². The van der Waals surface area contributed by atoms with Crippen LogP contribution in [0.1, 0.15) is 40.9 Å². The monoisotopic (exact) mass is 450 g/mol. The van der Waals surface area contributed by atoms with Crippen molar-refractivity contribution in [2.24, 2.45) is 5.92 Å². The molecule has 2 aromatic heterocycles. The van der Waals surface area contributed by atoms with Gasteiger partial charge in [0.1, 0.15) is 5.69 Å². The van der Waals surface area contributed by atoms with Gasteiger partial charge in [-0.3, -0.25) is 9.48 Å². The highest BCUT2D eigenvalue weighted by Gasteiger charge is 2.41. The summed E-state index contributed by atoms with van der Waals surface area (Å²) in [5.41, 5.74) is 1.40. The molecule has 2 bridgehead atoms. The van der Waals surface area contributed by atoms with Gasteiger partial charge in [0.15, 0.2) is 11.6 Å². The first-order chi connectivity index (χ1) is 15.6. The molecule has 8 heteroatoms. The third-order valence-corrected chi connectivity index (χ3v) is 6.12. The van der Waals surface area contributed by atoms with Gasteiger partial charge < -0.3 is 10.1 Å². The summed E-state index contributed by atoms with van der Waals surface area (Å²) in [5, 5.41) is 6.96. The fourth-order valence-electron chi connectivity index (χ4n) is 4.31. The Morgan fingerprint density at radius 1 is 1.22 bits per heavy atom. The number of rotatable bonds is 4. The minimum atomic E-state index is -0.679. The zero-order chi connectivity index (χ0) is 22.1. The second-order valence-electron chi connectivity index (χ2n) is 8.02. The van der Waals surface area contributed by atoms with Gasteiger partial charge in [-0.25, -0.2) is 9.37 Å². The fraction of sp³-hybridized carbons (Fsp3) is 0.292. The maximum atomic E-state index is 14.6. The first kappa shape index (κ1) is 20.7. The highest BCUT2D eigenvalue weighted by Crippen LogP contribution is 2.39. The summed E-state index contributed by atoms with van der Waals surface area (Å²) in [5.74, 6) is 4.67. The van der Waals surface area contributed by atoms with E-state index in [4.69, 9.17) is 16.3 Å². The molecule has 1 amide bonds. The lowest BCUT2D eigenvalue weighted by molar-refractivity contribution is 0.0883. The summed E-state index contributed by atoms with van der Waals surface area (Å²) in [6, 6.07) is 10.6. The normalized spacial score (nSPS) is 21.2. The highest BCUT2D eigenvalue weighted by atomic mass is 35.5. The third-order valence-electron chi connectivity index (χ3n) is 5.85.